The number of amides is 2. The Bertz CT molecular complexity index is 527. The van der Waals surface area contributed by atoms with Crippen molar-refractivity contribution in [2.75, 3.05) is 13.1 Å². The molecular weight excluding hydrogens is 324 g/mol. The third kappa shape index (κ3) is 4.87. The van der Waals surface area contributed by atoms with Crippen molar-refractivity contribution >= 4 is 23.8 Å². The van der Waals surface area contributed by atoms with Gasteiger partial charge < -0.3 is 10.2 Å². The first-order valence-electron chi connectivity index (χ1n) is 8.94. The molecule has 3 rings (SSSR count). The normalized spacial score (nSPS) is 27.6. The van der Waals surface area contributed by atoms with Gasteiger partial charge in [-0.2, -0.15) is 5.26 Å². The molecule has 0 bridgehead atoms. The van der Waals surface area contributed by atoms with Crippen LogP contribution in [0.2, 0.25) is 0 Å². The molecule has 3 aliphatic rings. The van der Waals surface area contributed by atoms with E-state index < -0.39 is 0 Å². The molecule has 24 heavy (non-hydrogen) atoms. The minimum absolute atomic E-state index is 0.0132. The molecule has 2 amide bonds. The highest BCUT2D eigenvalue weighted by Gasteiger charge is 2.34. The molecule has 0 radical (unpaired) electrons. The number of likely N-dealkylation sites (tertiary alicyclic amines) is 1. The van der Waals surface area contributed by atoms with E-state index in [-0.39, 0.29) is 30.4 Å². The molecule has 7 heteroatoms. The Morgan fingerprint density at radius 2 is 2.08 bits per heavy atom. The van der Waals surface area contributed by atoms with E-state index in [0.29, 0.717) is 23.6 Å². The molecule has 132 valence electrons. The fourth-order valence-corrected chi connectivity index (χ4v) is 4.02. The molecule has 3 unspecified atom stereocenters. The van der Waals surface area contributed by atoms with Gasteiger partial charge in [-0.3, -0.25) is 14.3 Å². The molecular formula is C17H26N4O2S. The highest BCUT2D eigenvalue weighted by molar-refractivity contribution is 7.98. The quantitative estimate of drug-likeness (QED) is 0.647. The molecule has 0 aromatic carbocycles. The molecule has 2 N–H and O–H groups in total. The first kappa shape index (κ1) is 17.6. The van der Waals surface area contributed by atoms with E-state index in [4.69, 9.17) is 5.26 Å². The van der Waals surface area contributed by atoms with Crippen molar-refractivity contribution in [2.45, 2.75) is 62.8 Å². The van der Waals surface area contributed by atoms with Crippen LogP contribution in [-0.4, -0.2) is 47.1 Å². The summed E-state index contributed by atoms with van der Waals surface area (Å²) >= 11 is 1.66. The fraction of sp³-hybridized carbons (Fsp3) is 0.824. The summed E-state index contributed by atoms with van der Waals surface area (Å²) in [6, 6.07) is 1.61. The topological polar surface area (TPSA) is 85.2 Å². The summed E-state index contributed by atoms with van der Waals surface area (Å²) in [5, 5.41) is 12.6. The molecule has 1 saturated heterocycles. The minimum Gasteiger partial charge on any atom is -0.346 e. The third-order valence-corrected chi connectivity index (χ3v) is 6.10. The van der Waals surface area contributed by atoms with Crippen LogP contribution in [0.4, 0.5) is 0 Å². The zero-order chi connectivity index (χ0) is 17.1. The summed E-state index contributed by atoms with van der Waals surface area (Å²) in [7, 11) is 0. The van der Waals surface area contributed by atoms with Crippen LogP contribution in [0.15, 0.2) is 0 Å². The highest BCUT2D eigenvalue weighted by Crippen LogP contribution is 2.36. The van der Waals surface area contributed by atoms with Gasteiger partial charge in [0.15, 0.2) is 0 Å². The molecule has 0 aromatic heterocycles. The van der Waals surface area contributed by atoms with Crippen molar-refractivity contribution in [3.63, 3.8) is 0 Å². The number of nitrogens with zero attached hydrogens (tertiary/aromatic N) is 2. The fourth-order valence-electron chi connectivity index (χ4n) is 3.09. The molecule has 1 aliphatic heterocycles. The molecule has 1 heterocycles. The van der Waals surface area contributed by atoms with Crippen LogP contribution in [-0.2, 0) is 9.59 Å². The Morgan fingerprint density at radius 3 is 2.71 bits per heavy atom. The van der Waals surface area contributed by atoms with Gasteiger partial charge in [-0.15, -0.1) is 0 Å². The standard InChI is InChI=1S/C17H26N4O2S/c1-11-6-13(8-18)21(10-11)16(22)9-19-17(23)15(7-12-2-3-12)20-24-14-4-5-14/h11-15,20H,2-7,9-10H2,1H3,(H,19,23). The van der Waals surface area contributed by atoms with E-state index >= 15 is 0 Å². The minimum atomic E-state index is -0.352. The van der Waals surface area contributed by atoms with Crippen LogP contribution in [0.3, 0.4) is 0 Å². The van der Waals surface area contributed by atoms with Gasteiger partial charge in [-0.1, -0.05) is 31.7 Å². The second-order valence-corrected chi connectivity index (χ2v) is 8.55. The Labute approximate surface area is 147 Å². The van der Waals surface area contributed by atoms with Crippen molar-refractivity contribution in [1.29, 1.82) is 5.26 Å². The average Bonchev–Trinajstić information content (AvgIpc) is 3.48. The largest absolute Gasteiger partial charge is 0.346 e. The summed E-state index contributed by atoms with van der Waals surface area (Å²) in [6.07, 6.45) is 6.41. The summed E-state index contributed by atoms with van der Waals surface area (Å²) in [6.45, 7) is 2.63. The summed E-state index contributed by atoms with van der Waals surface area (Å²) in [4.78, 5) is 26.4. The summed E-state index contributed by atoms with van der Waals surface area (Å²) in [5.74, 6) is 0.739. The zero-order valence-corrected chi connectivity index (χ0v) is 15.0. The molecule has 3 fully saturated rings. The number of hydrogen-bond acceptors (Lipinski definition) is 5. The van der Waals surface area contributed by atoms with E-state index in [2.05, 4.69) is 16.1 Å². The van der Waals surface area contributed by atoms with Gasteiger partial charge in [0.25, 0.3) is 0 Å². The van der Waals surface area contributed by atoms with Crippen LogP contribution in [0, 0.1) is 23.2 Å². The van der Waals surface area contributed by atoms with E-state index in [0.717, 1.165) is 12.8 Å². The molecule has 0 aromatic rings. The van der Waals surface area contributed by atoms with Crippen molar-refractivity contribution in [3.8, 4) is 6.07 Å². The van der Waals surface area contributed by atoms with Gasteiger partial charge in [0.05, 0.1) is 18.7 Å². The molecule has 6 nitrogen and oxygen atoms in total. The highest BCUT2D eigenvalue weighted by atomic mass is 32.2. The van der Waals surface area contributed by atoms with E-state index in [1.54, 1.807) is 16.8 Å². The number of carbonyl (C=O) groups excluding carboxylic acids is 2. The first-order valence-corrected chi connectivity index (χ1v) is 9.82. The maximum absolute atomic E-state index is 12.5. The van der Waals surface area contributed by atoms with E-state index in [1.165, 1.54) is 25.7 Å². The van der Waals surface area contributed by atoms with Crippen molar-refractivity contribution < 1.29 is 9.59 Å². The van der Waals surface area contributed by atoms with Crippen LogP contribution in [0.25, 0.3) is 0 Å². The van der Waals surface area contributed by atoms with Crippen molar-refractivity contribution in [3.05, 3.63) is 0 Å². The summed E-state index contributed by atoms with van der Waals surface area (Å²) < 4.78 is 3.30. The molecule has 0 spiro atoms. The van der Waals surface area contributed by atoms with Gasteiger partial charge in [-0.05, 0) is 37.5 Å². The Morgan fingerprint density at radius 1 is 1.33 bits per heavy atom. The predicted octanol–water partition coefficient (Wildman–Crippen LogP) is 1.43. The van der Waals surface area contributed by atoms with Crippen LogP contribution < -0.4 is 10.0 Å². The smallest absolute Gasteiger partial charge is 0.243 e. The van der Waals surface area contributed by atoms with Gasteiger partial charge in [0.1, 0.15) is 6.04 Å². The van der Waals surface area contributed by atoms with Gasteiger partial charge in [-0.25, -0.2) is 0 Å². The zero-order valence-electron chi connectivity index (χ0n) is 14.2. The predicted molar refractivity (Wildman–Crippen MR) is 92.8 cm³/mol. The number of rotatable bonds is 8. The number of hydrogen-bond donors (Lipinski definition) is 2. The van der Waals surface area contributed by atoms with Gasteiger partial charge >= 0.3 is 0 Å². The van der Waals surface area contributed by atoms with Gasteiger partial charge in [0.2, 0.25) is 11.8 Å². The lowest BCUT2D eigenvalue weighted by molar-refractivity contribution is -0.133. The second kappa shape index (κ2) is 7.75. The van der Waals surface area contributed by atoms with Crippen molar-refractivity contribution in [2.24, 2.45) is 11.8 Å². The molecule has 2 aliphatic carbocycles. The molecule has 2 saturated carbocycles. The maximum Gasteiger partial charge on any atom is 0.243 e. The first-order chi connectivity index (χ1) is 11.6. The second-order valence-electron chi connectivity index (χ2n) is 7.42. The summed E-state index contributed by atoms with van der Waals surface area (Å²) in [5.41, 5.74) is 0. The number of carbonyl (C=O) groups is 2. The number of nitriles is 1. The Kier molecular flexibility index (Phi) is 5.67. The van der Waals surface area contributed by atoms with E-state index in [9.17, 15) is 9.59 Å². The third-order valence-electron chi connectivity index (χ3n) is 4.88. The van der Waals surface area contributed by atoms with Crippen LogP contribution >= 0.6 is 11.9 Å². The average molecular weight is 350 g/mol. The van der Waals surface area contributed by atoms with Crippen molar-refractivity contribution in [1.82, 2.24) is 14.9 Å². The van der Waals surface area contributed by atoms with E-state index in [1.807, 2.05) is 6.92 Å². The van der Waals surface area contributed by atoms with Crippen LogP contribution in [0.5, 0.6) is 0 Å². The number of nitrogens with one attached hydrogen (secondary N) is 2. The SMILES string of the molecule is CC1CC(C#N)N(C(=O)CNC(=O)C(CC2CC2)NSC2CC2)C1. The molecule has 3 atom stereocenters. The van der Waals surface area contributed by atoms with Gasteiger partial charge in [0, 0.05) is 11.8 Å². The maximum atomic E-state index is 12.5. The lowest BCUT2D eigenvalue weighted by Crippen LogP contribution is -2.47. The lowest BCUT2D eigenvalue weighted by atomic mass is 10.1. The van der Waals surface area contributed by atoms with Crippen LogP contribution in [0.1, 0.15) is 45.4 Å². The Balaban J connectivity index is 1.46. The monoisotopic (exact) mass is 350 g/mol. The lowest BCUT2D eigenvalue weighted by Gasteiger charge is -2.21. The Hall–Kier alpha value is -1.26.